The summed E-state index contributed by atoms with van der Waals surface area (Å²) in [6.45, 7) is 15.5. The number of carboxylic acid groups (broad SMARTS) is 1. The lowest BCUT2D eigenvalue weighted by atomic mass is 10.1. The van der Waals surface area contributed by atoms with Gasteiger partial charge < -0.3 is 20.6 Å². The molecule has 0 aliphatic carbocycles. The lowest BCUT2D eigenvalue weighted by Crippen LogP contribution is -2.44. The second-order valence-electron chi connectivity index (χ2n) is 11.0. The van der Waals surface area contributed by atoms with Crippen molar-refractivity contribution in [3.63, 3.8) is 0 Å². The molecule has 2 atom stereocenters. The molecule has 8 nitrogen and oxygen atoms in total. The number of amides is 1. The number of hydrogen-bond donors (Lipinski definition) is 2. The van der Waals surface area contributed by atoms with E-state index in [9.17, 15) is 9.90 Å². The van der Waals surface area contributed by atoms with Gasteiger partial charge in [-0.05, 0) is 68.7 Å². The van der Waals surface area contributed by atoms with Crippen LogP contribution in [0.15, 0.2) is 36.7 Å². The Kier molecular flexibility index (Phi) is 8.94. The maximum Gasteiger partial charge on any atom is 0.408 e. The molecule has 0 aromatic carbocycles. The van der Waals surface area contributed by atoms with Gasteiger partial charge in [-0.2, -0.15) is 0 Å². The highest BCUT2D eigenvalue weighted by Crippen LogP contribution is 2.23. The van der Waals surface area contributed by atoms with Gasteiger partial charge in [0.1, 0.15) is 11.6 Å². The summed E-state index contributed by atoms with van der Waals surface area (Å²) in [6, 6.07) is 8.11. The van der Waals surface area contributed by atoms with Crippen molar-refractivity contribution in [1.82, 2.24) is 14.9 Å². The number of carbonyl (C=O) groups is 1. The molecular weight excluding hydrogens is 440 g/mol. The fourth-order valence-corrected chi connectivity index (χ4v) is 4.48. The van der Waals surface area contributed by atoms with Crippen LogP contribution in [0, 0.1) is 11.8 Å². The second kappa shape index (κ2) is 11.7. The topological polar surface area (TPSA) is 98.8 Å². The Morgan fingerprint density at radius 2 is 1.46 bits per heavy atom. The number of anilines is 2. The van der Waals surface area contributed by atoms with Gasteiger partial charge in [0.15, 0.2) is 0 Å². The molecule has 2 aliphatic rings. The maximum atomic E-state index is 11.4. The van der Waals surface area contributed by atoms with E-state index in [1.54, 1.807) is 6.20 Å². The first-order valence-corrected chi connectivity index (χ1v) is 12.7. The molecule has 4 rings (SSSR count). The van der Waals surface area contributed by atoms with Gasteiger partial charge in [-0.25, -0.2) is 14.8 Å². The van der Waals surface area contributed by atoms with Crippen molar-refractivity contribution in [2.45, 2.75) is 66.1 Å². The Bertz CT molecular complexity index is 942. The normalized spacial score (nSPS) is 19.9. The zero-order chi connectivity index (χ0) is 25.6. The monoisotopic (exact) mass is 482 g/mol. The van der Waals surface area contributed by atoms with E-state index in [1.165, 1.54) is 17.7 Å². The third-order valence-electron chi connectivity index (χ3n) is 6.73. The number of hydrogen-bond acceptors (Lipinski definition) is 6. The second-order valence-corrected chi connectivity index (χ2v) is 11.0. The van der Waals surface area contributed by atoms with Gasteiger partial charge in [-0.3, -0.25) is 4.90 Å². The van der Waals surface area contributed by atoms with Gasteiger partial charge in [-0.15, -0.1) is 0 Å². The molecule has 192 valence electrons. The molecule has 1 amide bonds. The fourth-order valence-electron chi connectivity index (χ4n) is 4.48. The Morgan fingerprint density at radius 1 is 0.971 bits per heavy atom. The van der Waals surface area contributed by atoms with Gasteiger partial charge >= 0.3 is 6.09 Å². The molecular formula is C27H42N6O2. The van der Waals surface area contributed by atoms with Crippen molar-refractivity contribution in [3.8, 4) is 0 Å². The largest absolute Gasteiger partial charge is 0.465 e. The number of pyridine rings is 2. The molecule has 2 aromatic heterocycles. The summed E-state index contributed by atoms with van der Waals surface area (Å²) in [7, 11) is 0. The third-order valence-corrected chi connectivity index (χ3v) is 6.73. The SMILES string of the molecule is C[C@H]1CCN(c2ccc(CN(C(=O)O)C(C)(C)C)cn2)C1.C[C@H]1CCN(c2ccc(CN)cn2)C1. The van der Waals surface area contributed by atoms with Crippen molar-refractivity contribution in [2.24, 2.45) is 17.6 Å². The van der Waals surface area contributed by atoms with Crippen molar-refractivity contribution in [1.29, 1.82) is 0 Å². The molecule has 0 radical (unpaired) electrons. The Balaban J connectivity index is 0.000000211. The van der Waals surface area contributed by atoms with Crippen molar-refractivity contribution in [3.05, 3.63) is 47.8 Å². The standard InChI is InChI=1S/C16H25N3O2.C11H17N3/c1-12-7-8-18(10-12)14-6-5-13(9-17-14)11-19(15(20)21)16(2,3)4;1-9-4-5-14(8-9)11-3-2-10(6-12)7-13-11/h5-6,9,12H,7-8,10-11H2,1-4H3,(H,20,21);2-3,7,9H,4-6,8,12H2,1H3/t12-;9-/m00/s1. The summed E-state index contributed by atoms with van der Waals surface area (Å²) in [5.41, 5.74) is 7.12. The number of rotatable bonds is 5. The summed E-state index contributed by atoms with van der Waals surface area (Å²) < 4.78 is 0. The lowest BCUT2D eigenvalue weighted by Gasteiger charge is -2.33. The van der Waals surface area contributed by atoms with Gasteiger partial charge in [0, 0.05) is 50.7 Å². The molecule has 3 N–H and O–H groups in total. The van der Waals surface area contributed by atoms with Crippen molar-refractivity contribution < 1.29 is 9.90 Å². The van der Waals surface area contributed by atoms with E-state index in [2.05, 4.69) is 45.7 Å². The summed E-state index contributed by atoms with van der Waals surface area (Å²) in [4.78, 5) is 26.3. The van der Waals surface area contributed by atoms with Crippen LogP contribution in [0.3, 0.4) is 0 Å². The zero-order valence-corrected chi connectivity index (χ0v) is 21.9. The van der Waals surface area contributed by atoms with Gasteiger partial charge in [-0.1, -0.05) is 26.0 Å². The van der Waals surface area contributed by atoms with E-state index in [1.807, 2.05) is 39.1 Å². The Hall–Kier alpha value is -2.87. The van der Waals surface area contributed by atoms with Gasteiger partial charge in [0.25, 0.3) is 0 Å². The predicted molar refractivity (Wildman–Crippen MR) is 142 cm³/mol. The van der Waals surface area contributed by atoms with Crippen LogP contribution in [0.5, 0.6) is 0 Å². The predicted octanol–water partition coefficient (Wildman–Crippen LogP) is 4.59. The fraction of sp³-hybridized carbons (Fsp3) is 0.593. The molecule has 2 aliphatic heterocycles. The van der Waals surface area contributed by atoms with Crippen LogP contribution >= 0.6 is 0 Å². The molecule has 8 heteroatoms. The van der Waals surface area contributed by atoms with Crippen molar-refractivity contribution >= 4 is 17.7 Å². The van der Waals surface area contributed by atoms with E-state index in [4.69, 9.17) is 5.73 Å². The molecule has 35 heavy (non-hydrogen) atoms. The van der Waals surface area contributed by atoms with E-state index < -0.39 is 11.6 Å². The molecule has 2 aromatic rings. The molecule has 0 bridgehead atoms. The van der Waals surface area contributed by atoms with Crippen LogP contribution in [0.2, 0.25) is 0 Å². The highest BCUT2D eigenvalue weighted by atomic mass is 16.4. The zero-order valence-electron chi connectivity index (χ0n) is 21.9. The molecule has 0 saturated carbocycles. The lowest BCUT2D eigenvalue weighted by molar-refractivity contribution is 0.0955. The first kappa shape index (κ1) is 26.7. The van der Waals surface area contributed by atoms with Crippen LogP contribution < -0.4 is 15.5 Å². The molecule has 0 spiro atoms. The Labute approximate surface area is 210 Å². The van der Waals surface area contributed by atoms with Gasteiger partial charge in [0.2, 0.25) is 0 Å². The van der Waals surface area contributed by atoms with Crippen LogP contribution in [0.4, 0.5) is 16.4 Å². The Morgan fingerprint density at radius 3 is 1.77 bits per heavy atom. The highest BCUT2D eigenvalue weighted by molar-refractivity contribution is 5.66. The molecule has 0 unspecified atom stereocenters. The van der Waals surface area contributed by atoms with Crippen LogP contribution in [-0.2, 0) is 13.1 Å². The summed E-state index contributed by atoms with van der Waals surface area (Å²) in [6.07, 6.45) is 5.25. The highest BCUT2D eigenvalue weighted by Gasteiger charge is 2.26. The quantitative estimate of drug-likeness (QED) is 0.643. The van der Waals surface area contributed by atoms with Gasteiger partial charge in [0.05, 0.1) is 6.54 Å². The minimum atomic E-state index is -0.903. The molecule has 2 saturated heterocycles. The summed E-state index contributed by atoms with van der Waals surface area (Å²) in [5.74, 6) is 3.59. The average molecular weight is 483 g/mol. The van der Waals surface area contributed by atoms with Crippen molar-refractivity contribution in [2.75, 3.05) is 36.0 Å². The first-order chi connectivity index (χ1) is 16.6. The van der Waals surface area contributed by atoms with Crippen LogP contribution in [0.1, 0.15) is 58.6 Å². The number of nitrogens with two attached hydrogens (primary N) is 1. The minimum Gasteiger partial charge on any atom is -0.465 e. The summed E-state index contributed by atoms with van der Waals surface area (Å²) >= 11 is 0. The number of aromatic nitrogens is 2. The molecule has 2 fully saturated rings. The van der Waals surface area contributed by atoms with Crippen LogP contribution in [-0.4, -0.2) is 57.8 Å². The third kappa shape index (κ3) is 7.56. The van der Waals surface area contributed by atoms with E-state index in [0.717, 1.165) is 60.8 Å². The minimum absolute atomic E-state index is 0.364. The first-order valence-electron chi connectivity index (χ1n) is 12.7. The number of nitrogens with zero attached hydrogens (tertiary/aromatic N) is 5. The van der Waals surface area contributed by atoms with E-state index >= 15 is 0 Å². The average Bonchev–Trinajstić information content (AvgIpc) is 3.45. The van der Waals surface area contributed by atoms with Crippen LogP contribution in [0.25, 0.3) is 0 Å². The van der Waals surface area contributed by atoms with E-state index in [-0.39, 0.29) is 0 Å². The summed E-state index contributed by atoms with van der Waals surface area (Å²) in [5, 5.41) is 9.32. The maximum absolute atomic E-state index is 11.4. The van der Waals surface area contributed by atoms with E-state index in [0.29, 0.717) is 13.1 Å². The molecule has 4 heterocycles. The smallest absolute Gasteiger partial charge is 0.408 e.